The van der Waals surface area contributed by atoms with Crippen molar-refractivity contribution in [1.29, 1.82) is 0 Å². The van der Waals surface area contributed by atoms with Gasteiger partial charge in [-0.05, 0) is 24.3 Å². The van der Waals surface area contributed by atoms with Gasteiger partial charge in [0.1, 0.15) is 5.75 Å². The number of Topliss-reactive ketones (excluding diaryl/α,β-unsaturated/α-hetero) is 1. The smallest absolute Gasteiger partial charge is 0.311 e. The third-order valence-electron chi connectivity index (χ3n) is 4.55. The topological polar surface area (TPSA) is 102 Å². The van der Waals surface area contributed by atoms with E-state index in [-0.39, 0.29) is 23.6 Å². The molecule has 156 valence electrons. The van der Waals surface area contributed by atoms with E-state index in [0.29, 0.717) is 11.3 Å². The Morgan fingerprint density at radius 2 is 1.93 bits per heavy atom. The summed E-state index contributed by atoms with van der Waals surface area (Å²) in [4.78, 5) is 49.0. The number of carbonyl (C=O) groups is 4. The first-order valence-corrected chi connectivity index (χ1v) is 9.46. The maximum absolute atomic E-state index is 12.3. The number of methoxy groups -OCH3 is 1. The van der Waals surface area contributed by atoms with Crippen LogP contribution in [0.25, 0.3) is 0 Å². The highest BCUT2D eigenvalue weighted by Gasteiger charge is 2.37. The lowest BCUT2D eigenvalue weighted by molar-refractivity contribution is -0.147. The zero-order chi connectivity index (χ0) is 21.7. The molecule has 0 bridgehead atoms. The van der Waals surface area contributed by atoms with Gasteiger partial charge in [0.25, 0.3) is 5.91 Å². The van der Waals surface area contributed by atoms with Gasteiger partial charge in [0.2, 0.25) is 5.91 Å². The number of carbonyl (C=O) groups excluding carboxylic acids is 4. The van der Waals surface area contributed by atoms with Crippen molar-refractivity contribution in [3.63, 3.8) is 0 Å². The molecule has 1 unspecified atom stereocenters. The fourth-order valence-electron chi connectivity index (χ4n) is 2.94. The van der Waals surface area contributed by atoms with E-state index in [1.54, 1.807) is 42.5 Å². The van der Waals surface area contributed by atoms with Gasteiger partial charge in [0, 0.05) is 12.0 Å². The molecule has 1 heterocycles. The van der Waals surface area contributed by atoms with Gasteiger partial charge in [0.05, 0.1) is 30.2 Å². The van der Waals surface area contributed by atoms with Crippen LogP contribution in [-0.4, -0.2) is 48.8 Å². The second-order valence-corrected chi connectivity index (χ2v) is 7.00. The predicted molar refractivity (Wildman–Crippen MR) is 107 cm³/mol. The Morgan fingerprint density at radius 3 is 2.67 bits per heavy atom. The Balaban J connectivity index is 1.54. The zero-order valence-corrected chi connectivity index (χ0v) is 16.8. The van der Waals surface area contributed by atoms with Crippen molar-refractivity contribution in [2.24, 2.45) is 5.92 Å². The van der Waals surface area contributed by atoms with E-state index in [1.165, 1.54) is 13.2 Å². The second kappa shape index (κ2) is 9.41. The van der Waals surface area contributed by atoms with Crippen LogP contribution in [0, 0.1) is 5.92 Å². The fraction of sp³-hybridized carbons (Fsp3) is 0.238. The van der Waals surface area contributed by atoms with Gasteiger partial charge in [-0.1, -0.05) is 35.9 Å². The molecule has 2 aromatic rings. The fourth-order valence-corrected chi connectivity index (χ4v) is 3.16. The molecule has 2 amide bonds. The predicted octanol–water partition coefficient (Wildman–Crippen LogP) is 2.27. The van der Waals surface area contributed by atoms with Crippen LogP contribution in [-0.2, 0) is 14.3 Å². The first-order chi connectivity index (χ1) is 14.4. The molecule has 9 heteroatoms. The van der Waals surface area contributed by atoms with Crippen LogP contribution >= 0.6 is 11.6 Å². The minimum Gasteiger partial charge on any atom is -0.497 e. The lowest BCUT2D eigenvalue weighted by atomic mass is 10.1. The lowest BCUT2D eigenvalue weighted by Crippen LogP contribution is -2.43. The maximum atomic E-state index is 12.3. The number of halogens is 1. The Labute approximate surface area is 177 Å². The summed E-state index contributed by atoms with van der Waals surface area (Å²) in [5, 5.41) is 1.30. The number of nitrogens with one attached hydrogen (secondary N) is 1. The molecule has 1 fully saturated rings. The molecule has 0 aromatic heterocycles. The van der Waals surface area contributed by atoms with Crippen molar-refractivity contribution < 1.29 is 28.7 Å². The largest absolute Gasteiger partial charge is 0.497 e. The normalized spacial score (nSPS) is 15.6. The highest BCUT2D eigenvalue weighted by molar-refractivity contribution is 6.33. The molecule has 1 aliphatic rings. The highest BCUT2D eigenvalue weighted by atomic mass is 35.5. The molecule has 1 atom stereocenters. The Morgan fingerprint density at radius 1 is 1.17 bits per heavy atom. The number of hydrogen-bond donors (Lipinski definition) is 1. The highest BCUT2D eigenvalue weighted by Crippen LogP contribution is 2.20. The van der Waals surface area contributed by atoms with Crippen molar-refractivity contribution in [3.05, 3.63) is 64.7 Å². The molecular formula is C21H19ClN2O6. The molecular weight excluding hydrogens is 412 g/mol. The van der Waals surface area contributed by atoms with E-state index >= 15 is 0 Å². The summed E-state index contributed by atoms with van der Waals surface area (Å²) in [6, 6.07) is 12.9. The molecule has 1 saturated heterocycles. The molecule has 0 radical (unpaired) electrons. The summed E-state index contributed by atoms with van der Waals surface area (Å²) in [6.07, 6.45) is -0.130. The summed E-state index contributed by atoms with van der Waals surface area (Å²) in [5.41, 5.74) is 3.00. The number of hydrazine groups is 1. The van der Waals surface area contributed by atoms with Crippen molar-refractivity contribution in [1.82, 2.24) is 10.4 Å². The summed E-state index contributed by atoms with van der Waals surface area (Å²) < 4.78 is 10.1. The van der Waals surface area contributed by atoms with Crippen LogP contribution in [0.5, 0.6) is 5.75 Å². The van der Waals surface area contributed by atoms with Crippen LogP contribution in [0.3, 0.4) is 0 Å². The molecule has 1 N–H and O–H groups in total. The molecule has 0 spiro atoms. The van der Waals surface area contributed by atoms with Crippen molar-refractivity contribution in [2.75, 3.05) is 20.3 Å². The molecule has 0 aliphatic carbocycles. The van der Waals surface area contributed by atoms with Gasteiger partial charge in [-0.25, -0.2) is 0 Å². The number of hydrogen-bond acceptors (Lipinski definition) is 6. The monoisotopic (exact) mass is 430 g/mol. The summed E-state index contributed by atoms with van der Waals surface area (Å²) in [5.74, 6) is -2.35. The average Bonchev–Trinajstić information content (AvgIpc) is 3.12. The summed E-state index contributed by atoms with van der Waals surface area (Å²) in [6.45, 7) is -0.510. The minimum absolute atomic E-state index is 0.0544. The number of ketones is 1. The van der Waals surface area contributed by atoms with Crippen molar-refractivity contribution in [2.45, 2.75) is 6.42 Å². The van der Waals surface area contributed by atoms with Crippen LogP contribution in [0.15, 0.2) is 48.5 Å². The van der Waals surface area contributed by atoms with Gasteiger partial charge in [0.15, 0.2) is 12.4 Å². The molecule has 3 rings (SSSR count). The lowest BCUT2D eigenvalue weighted by Gasteiger charge is -2.18. The SMILES string of the molecule is COc1cccc(C(=O)COC(=O)C2CC(=O)N(NC(=O)c3ccccc3Cl)C2)c1. The first-order valence-electron chi connectivity index (χ1n) is 9.09. The standard InChI is InChI=1S/C21H19ClN2O6/c1-29-15-6-4-5-13(9-15)18(25)12-30-21(28)14-10-19(26)24(11-14)23-20(27)16-7-2-3-8-17(16)22/h2-9,14H,10-12H2,1H3,(H,23,27). The number of rotatable bonds is 7. The van der Waals surface area contributed by atoms with Crippen LogP contribution in [0.1, 0.15) is 27.1 Å². The van der Waals surface area contributed by atoms with Gasteiger partial charge in [-0.15, -0.1) is 0 Å². The number of ether oxygens (including phenoxy) is 2. The summed E-state index contributed by atoms with van der Waals surface area (Å²) >= 11 is 5.98. The van der Waals surface area contributed by atoms with Gasteiger partial charge in [-0.2, -0.15) is 0 Å². The summed E-state index contributed by atoms with van der Waals surface area (Å²) in [7, 11) is 1.48. The van der Waals surface area contributed by atoms with Gasteiger partial charge < -0.3 is 9.47 Å². The van der Waals surface area contributed by atoms with Gasteiger partial charge >= 0.3 is 5.97 Å². The van der Waals surface area contributed by atoms with E-state index < -0.39 is 36.1 Å². The molecule has 8 nitrogen and oxygen atoms in total. The van der Waals surface area contributed by atoms with E-state index in [1.807, 2.05) is 0 Å². The Kier molecular flexibility index (Phi) is 6.68. The van der Waals surface area contributed by atoms with E-state index in [2.05, 4.69) is 5.43 Å². The molecule has 0 saturated carbocycles. The minimum atomic E-state index is -0.790. The van der Waals surface area contributed by atoms with Crippen molar-refractivity contribution in [3.8, 4) is 5.75 Å². The third kappa shape index (κ3) is 4.96. The number of benzene rings is 2. The van der Waals surface area contributed by atoms with Gasteiger partial charge in [-0.3, -0.25) is 29.6 Å². The van der Waals surface area contributed by atoms with E-state index in [4.69, 9.17) is 21.1 Å². The molecule has 2 aromatic carbocycles. The number of esters is 1. The molecule has 1 aliphatic heterocycles. The first kappa shape index (κ1) is 21.3. The maximum Gasteiger partial charge on any atom is 0.311 e. The third-order valence-corrected chi connectivity index (χ3v) is 4.88. The molecule has 30 heavy (non-hydrogen) atoms. The van der Waals surface area contributed by atoms with Crippen LogP contribution < -0.4 is 10.2 Å². The Hall–Kier alpha value is -3.39. The Bertz CT molecular complexity index is 993. The number of nitrogens with zero attached hydrogens (tertiary/aromatic N) is 1. The quantitative estimate of drug-likeness (QED) is 0.534. The zero-order valence-electron chi connectivity index (χ0n) is 16.1. The number of amides is 2. The second-order valence-electron chi connectivity index (χ2n) is 6.59. The van der Waals surface area contributed by atoms with E-state index in [9.17, 15) is 19.2 Å². The van der Waals surface area contributed by atoms with Crippen LogP contribution in [0.4, 0.5) is 0 Å². The van der Waals surface area contributed by atoms with E-state index in [0.717, 1.165) is 5.01 Å². The van der Waals surface area contributed by atoms with Crippen LogP contribution in [0.2, 0.25) is 5.02 Å². The average molecular weight is 431 g/mol. The van der Waals surface area contributed by atoms with Crippen molar-refractivity contribution >= 4 is 35.2 Å².